The maximum atomic E-state index is 11.1. The highest BCUT2D eigenvalue weighted by molar-refractivity contribution is 9.10. The van der Waals surface area contributed by atoms with Crippen LogP contribution in [0.15, 0.2) is 4.60 Å². The zero-order chi connectivity index (χ0) is 9.42. The third-order valence-corrected chi connectivity index (χ3v) is 2.98. The van der Waals surface area contributed by atoms with Gasteiger partial charge in [-0.15, -0.1) is 0 Å². The Morgan fingerprint density at radius 3 is 3.15 bits per heavy atom. The molecule has 0 unspecified atom stereocenters. The fourth-order valence-corrected chi connectivity index (χ4v) is 1.98. The molecule has 13 heavy (non-hydrogen) atoms. The van der Waals surface area contributed by atoms with Crippen molar-refractivity contribution >= 4 is 21.8 Å². The van der Waals surface area contributed by atoms with E-state index in [0.29, 0.717) is 6.54 Å². The summed E-state index contributed by atoms with van der Waals surface area (Å²) in [6.07, 6.45) is 0.869. The Labute approximate surface area is 84.4 Å². The Bertz CT molecular complexity index is 347. The first kappa shape index (κ1) is 8.74. The minimum Gasteiger partial charge on any atom is -0.338 e. The average Bonchev–Trinajstić information content (AvgIpc) is 2.47. The van der Waals surface area contributed by atoms with Crippen molar-refractivity contribution in [1.29, 1.82) is 0 Å². The van der Waals surface area contributed by atoms with Crippen molar-refractivity contribution in [2.24, 2.45) is 0 Å². The van der Waals surface area contributed by atoms with E-state index in [-0.39, 0.29) is 5.91 Å². The van der Waals surface area contributed by atoms with Crippen molar-refractivity contribution in [2.75, 3.05) is 6.54 Å². The second kappa shape index (κ2) is 3.14. The van der Waals surface area contributed by atoms with Gasteiger partial charge in [-0.25, -0.2) is 0 Å². The number of H-pyrrole nitrogens is 1. The summed E-state index contributed by atoms with van der Waals surface area (Å²) in [5.41, 5.74) is 2.26. The Kier molecular flexibility index (Phi) is 2.11. The predicted molar refractivity (Wildman–Crippen MR) is 51.1 cm³/mol. The summed E-state index contributed by atoms with van der Waals surface area (Å²) in [4.78, 5) is 12.9. The summed E-state index contributed by atoms with van der Waals surface area (Å²) in [5, 5.41) is 7.00. The van der Waals surface area contributed by atoms with Gasteiger partial charge < -0.3 is 4.90 Å². The number of carbonyl (C=O) groups is 1. The number of fused-ring (bicyclic) bond motifs is 1. The summed E-state index contributed by atoms with van der Waals surface area (Å²) >= 11 is 3.35. The molecule has 0 bridgehead atoms. The molecule has 1 aromatic heterocycles. The molecule has 2 rings (SSSR count). The molecule has 0 spiro atoms. The second-order valence-electron chi connectivity index (χ2n) is 3.16. The molecule has 2 heterocycles. The lowest BCUT2D eigenvalue weighted by atomic mass is 10.1. The first-order valence-corrected chi connectivity index (χ1v) is 4.95. The van der Waals surface area contributed by atoms with E-state index in [0.717, 1.165) is 28.8 Å². The molecule has 1 amide bonds. The summed E-state index contributed by atoms with van der Waals surface area (Å²) in [6.45, 7) is 3.05. The van der Waals surface area contributed by atoms with E-state index in [1.54, 1.807) is 6.92 Å². The van der Waals surface area contributed by atoms with Gasteiger partial charge in [0.05, 0.1) is 6.54 Å². The number of hydrogen-bond donors (Lipinski definition) is 1. The predicted octanol–water partition coefficient (Wildman–Crippen LogP) is 1.08. The number of halogens is 1. The zero-order valence-corrected chi connectivity index (χ0v) is 8.89. The van der Waals surface area contributed by atoms with Crippen LogP contribution < -0.4 is 0 Å². The maximum Gasteiger partial charge on any atom is 0.219 e. The molecule has 0 radical (unpaired) electrons. The van der Waals surface area contributed by atoms with Crippen molar-refractivity contribution < 1.29 is 4.79 Å². The molecule has 0 aliphatic carbocycles. The number of nitrogens with one attached hydrogen (secondary N) is 1. The number of rotatable bonds is 0. The largest absolute Gasteiger partial charge is 0.338 e. The summed E-state index contributed by atoms with van der Waals surface area (Å²) in [7, 11) is 0. The maximum absolute atomic E-state index is 11.1. The van der Waals surface area contributed by atoms with Gasteiger partial charge in [0.1, 0.15) is 4.60 Å². The van der Waals surface area contributed by atoms with Crippen molar-refractivity contribution in [3.63, 3.8) is 0 Å². The lowest BCUT2D eigenvalue weighted by molar-refractivity contribution is -0.129. The standard InChI is InChI=1S/C8H10BrN3O/c1-5(13)12-3-2-7-6(4-12)8(9)11-10-7/h2-4H2,1H3,(H,10,11). The van der Waals surface area contributed by atoms with Crippen LogP contribution >= 0.6 is 15.9 Å². The van der Waals surface area contributed by atoms with Crippen LogP contribution in [0.4, 0.5) is 0 Å². The Hall–Kier alpha value is -0.840. The number of aromatic amines is 1. The van der Waals surface area contributed by atoms with Crippen molar-refractivity contribution in [2.45, 2.75) is 19.9 Å². The van der Waals surface area contributed by atoms with Gasteiger partial charge in [-0.05, 0) is 15.9 Å². The molecule has 0 aromatic carbocycles. The third kappa shape index (κ3) is 1.48. The Balaban J connectivity index is 2.27. The Morgan fingerprint density at radius 1 is 1.69 bits per heavy atom. The highest BCUT2D eigenvalue weighted by Gasteiger charge is 2.21. The second-order valence-corrected chi connectivity index (χ2v) is 3.91. The highest BCUT2D eigenvalue weighted by Crippen LogP contribution is 2.23. The topological polar surface area (TPSA) is 49.0 Å². The van der Waals surface area contributed by atoms with Crippen LogP contribution in [-0.2, 0) is 17.8 Å². The van der Waals surface area contributed by atoms with E-state index in [1.165, 1.54) is 0 Å². The van der Waals surface area contributed by atoms with Gasteiger partial charge in [0.2, 0.25) is 5.91 Å². The van der Waals surface area contributed by atoms with Gasteiger partial charge >= 0.3 is 0 Å². The van der Waals surface area contributed by atoms with Gasteiger partial charge in [0, 0.05) is 31.1 Å². The minimum absolute atomic E-state index is 0.124. The van der Waals surface area contributed by atoms with Crippen molar-refractivity contribution in [3.8, 4) is 0 Å². The molecule has 0 fully saturated rings. The SMILES string of the molecule is CC(=O)N1CCc2[nH]nc(Br)c2C1. The van der Waals surface area contributed by atoms with Crippen molar-refractivity contribution in [3.05, 3.63) is 15.9 Å². The summed E-state index contributed by atoms with van der Waals surface area (Å²) < 4.78 is 0.827. The van der Waals surface area contributed by atoms with Crippen molar-refractivity contribution in [1.82, 2.24) is 15.1 Å². The third-order valence-electron chi connectivity index (χ3n) is 2.33. The number of hydrogen-bond acceptors (Lipinski definition) is 2. The fraction of sp³-hybridized carbons (Fsp3) is 0.500. The van der Waals surface area contributed by atoms with Crippen LogP contribution in [0.5, 0.6) is 0 Å². The molecule has 1 aliphatic heterocycles. The van der Waals surface area contributed by atoms with E-state index >= 15 is 0 Å². The van der Waals surface area contributed by atoms with E-state index in [4.69, 9.17) is 0 Å². The molecule has 5 heteroatoms. The lowest BCUT2D eigenvalue weighted by Crippen LogP contribution is -2.34. The van der Waals surface area contributed by atoms with Crippen LogP contribution in [0.2, 0.25) is 0 Å². The van der Waals surface area contributed by atoms with Gasteiger partial charge in [-0.1, -0.05) is 0 Å². The van der Waals surface area contributed by atoms with Crippen LogP contribution in [0, 0.1) is 0 Å². The first-order valence-electron chi connectivity index (χ1n) is 4.15. The molecular formula is C8H10BrN3O. The highest BCUT2D eigenvalue weighted by atomic mass is 79.9. The quantitative estimate of drug-likeness (QED) is 0.742. The van der Waals surface area contributed by atoms with E-state index in [9.17, 15) is 4.79 Å². The van der Waals surface area contributed by atoms with E-state index in [1.807, 2.05) is 4.90 Å². The summed E-state index contributed by atoms with van der Waals surface area (Å²) in [6, 6.07) is 0. The summed E-state index contributed by atoms with van der Waals surface area (Å²) in [5.74, 6) is 0.124. The monoisotopic (exact) mass is 243 g/mol. The van der Waals surface area contributed by atoms with Gasteiger partial charge in [0.15, 0.2) is 0 Å². The van der Waals surface area contributed by atoms with Crippen LogP contribution in [0.25, 0.3) is 0 Å². The smallest absolute Gasteiger partial charge is 0.219 e. The van der Waals surface area contributed by atoms with Crippen LogP contribution in [-0.4, -0.2) is 27.5 Å². The number of nitrogens with zero attached hydrogens (tertiary/aromatic N) is 2. The molecule has 4 nitrogen and oxygen atoms in total. The van der Waals surface area contributed by atoms with Gasteiger partial charge in [-0.3, -0.25) is 9.89 Å². The molecule has 1 aliphatic rings. The molecule has 0 atom stereocenters. The molecular weight excluding hydrogens is 234 g/mol. The molecule has 70 valence electrons. The number of amides is 1. The van der Waals surface area contributed by atoms with Gasteiger partial charge in [-0.2, -0.15) is 5.10 Å². The first-order chi connectivity index (χ1) is 6.18. The molecule has 0 saturated heterocycles. The number of aromatic nitrogens is 2. The average molecular weight is 244 g/mol. The van der Waals surface area contributed by atoms with E-state index in [2.05, 4.69) is 26.1 Å². The van der Waals surface area contributed by atoms with Crippen LogP contribution in [0.1, 0.15) is 18.2 Å². The molecule has 1 N–H and O–H groups in total. The molecule has 1 aromatic rings. The number of carbonyl (C=O) groups excluding carboxylic acids is 1. The van der Waals surface area contributed by atoms with Crippen LogP contribution in [0.3, 0.4) is 0 Å². The normalized spacial score (nSPS) is 15.7. The fourth-order valence-electron chi connectivity index (χ4n) is 1.53. The lowest BCUT2D eigenvalue weighted by Gasteiger charge is -2.25. The Morgan fingerprint density at radius 2 is 2.46 bits per heavy atom. The minimum atomic E-state index is 0.124. The van der Waals surface area contributed by atoms with E-state index < -0.39 is 0 Å². The molecule has 0 saturated carbocycles. The zero-order valence-electron chi connectivity index (χ0n) is 7.30. The van der Waals surface area contributed by atoms with Gasteiger partial charge in [0.25, 0.3) is 0 Å².